The largest absolute Gasteiger partial charge is 0.378 e. The van der Waals surface area contributed by atoms with E-state index >= 15 is 0 Å². The molecule has 0 aliphatic rings. The van der Waals surface area contributed by atoms with Crippen molar-refractivity contribution in [2.24, 2.45) is 11.5 Å². The zero-order valence-corrected chi connectivity index (χ0v) is 22.2. The Hall–Kier alpha value is -1.63. The zero-order chi connectivity index (χ0) is 25.3. The Balaban J connectivity index is 1.49. The van der Waals surface area contributed by atoms with Crippen LogP contribution in [0.4, 0.5) is 5.13 Å². The molecule has 0 aliphatic heterocycles. The first-order valence-electron chi connectivity index (χ1n) is 12.1. The number of thiazole rings is 1. The lowest BCUT2D eigenvalue weighted by Gasteiger charge is -2.15. The fourth-order valence-electron chi connectivity index (χ4n) is 3.14. The maximum atomic E-state index is 6.32. The van der Waals surface area contributed by atoms with Crippen molar-refractivity contribution in [1.29, 1.82) is 0 Å². The fourth-order valence-corrected chi connectivity index (χ4v) is 3.95. The van der Waals surface area contributed by atoms with E-state index in [9.17, 15) is 0 Å². The van der Waals surface area contributed by atoms with Gasteiger partial charge in [0.2, 0.25) is 0 Å². The van der Waals surface area contributed by atoms with Crippen LogP contribution in [0.2, 0.25) is 0 Å². The number of ether oxygens (including phenoxy) is 5. The molecule has 0 saturated carbocycles. The molecule has 2 aromatic rings. The van der Waals surface area contributed by atoms with Crippen molar-refractivity contribution in [2.45, 2.75) is 33.4 Å². The highest BCUT2D eigenvalue weighted by atomic mass is 32.1. The third-order valence-electron chi connectivity index (χ3n) is 5.30. The Morgan fingerprint density at radius 3 is 1.94 bits per heavy atom. The molecule has 0 bridgehead atoms. The van der Waals surface area contributed by atoms with Gasteiger partial charge in [-0.1, -0.05) is 18.2 Å². The number of rotatable bonds is 20. The molecular formula is C25H42N4O5S. The van der Waals surface area contributed by atoms with E-state index < -0.39 is 0 Å². The molecule has 0 fully saturated rings. The summed E-state index contributed by atoms with van der Waals surface area (Å²) in [6.45, 7) is 12.7. The molecule has 1 aromatic heterocycles. The lowest BCUT2D eigenvalue weighted by molar-refractivity contribution is -0.0114. The molecule has 5 N–H and O–H groups in total. The maximum Gasteiger partial charge on any atom is 0.183 e. The number of hydrogen-bond acceptors (Lipinski definition) is 10. The van der Waals surface area contributed by atoms with Gasteiger partial charge in [0, 0.05) is 18.0 Å². The van der Waals surface area contributed by atoms with Crippen LogP contribution in [0.25, 0.3) is 0 Å². The summed E-state index contributed by atoms with van der Waals surface area (Å²) in [5.74, 6) is 0. The summed E-state index contributed by atoms with van der Waals surface area (Å²) in [5, 5.41) is 4.37. The van der Waals surface area contributed by atoms with Gasteiger partial charge in [0.1, 0.15) is 0 Å². The minimum absolute atomic E-state index is 0.177. The highest BCUT2D eigenvalue weighted by Crippen LogP contribution is 2.23. The number of nitrogens with one attached hydrogen (secondary N) is 1. The van der Waals surface area contributed by atoms with Crippen LogP contribution < -0.4 is 16.8 Å². The van der Waals surface area contributed by atoms with Crippen molar-refractivity contribution in [1.82, 2.24) is 4.98 Å². The Bertz CT molecular complexity index is 817. The summed E-state index contributed by atoms with van der Waals surface area (Å²) in [6.07, 6.45) is 0. The highest BCUT2D eigenvalue weighted by molar-refractivity contribution is 7.15. The molecule has 1 unspecified atom stereocenters. The third-order valence-corrected chi connectivity index (χ3v) is 6.33. The van der Waals surface area contributed by atoms with Gasteiger partial charge in [-0.05, 0) is 37.5 Å². The molecule has 1 heterocycles. The number of nitrogens with zero attached hydrogens (tertiary/aromatic N) is 1. The number of hydrogen-bond donors (Lipinski definition) is 3. The Kier molecular flexibility index (Phi) is 15.0. The van der Waals surface area contributed by atoms with E-state index in [4.69, 9.17) is 35.2 Å². The van der Waals surface area contributed by atoms with Crippen LogP contribution in [0.1, 0.15) is 33.3 Å². The first kappa shape index (κ1) is 29.6. The molecule has 0 aliphatic carbocycles. The Morgan fingerprint density at radius 1 is 0.857 bits per heavy atom. The van der Waals surface area contributed by atoms with E-state index in [-0.39, 0.29) is 6.04 Å². The van der Waals surface area contributed by atoms with Crippen LogP contribution >= 0.6 is 11.3 Å². The van der Waals surface area contributed by atoms with Gasteiger partial charge in [-0.2, -0.15) is 0 Å². The van der Waals surface area contributed by atoms with Crippen LogP contribution in [0.5, 0.6) is 0 Å². The minimum Gasteiger partial charge on any atom is -0.378 e. The van der Waals surface area contributed by atoms with Gasteiger partial charge in [-0.3, -0.25) is 0 Å². The van der Waals surface area contributed by atoms with Gasteiger partial charge < -0.3 is 40.5 Å². The lowest BCUT2D eigenvalue weighted by Crippen LogP contribution is -2.19. The van der Waals surface area contributed by atoms with Crippen molar-refractivity contribution in [3.05, 3.63) is 45.5 Å². The average Bonchev–Trinajstić information content (AvgIpc) is 3.17. The minimum atomic E-state index is -0.177. The quantitative estimate of drug-likeness (QED) is 0.231. The summed E-state index contributed by atoms with van der Waals surface area (Å²) in [6, 6.07) is 6.15. The van der Waals surface area contributed by atoms with Gasteiger partial charge in [-0.25, -0.2) is 4.98 Å². The van der Waals surface area contributed by atoms with E-state index in [1.807, 2.05) is 6.92 Å². The van der Waals surface area contributed by atoms with Crippen molar-refractivity contribution < 1.29 is 23.7 Å². The van der Waals surface area contributed by atoms with Crippen LogP contribution in [0, 0.1) is 20.8 Å². The summed E-state index contributed by atoms with van der Waals surface area (Å²) < 4.78 is 27.3. The predicted octanol–water partition coefficient (Wildman–Crippen LogP) is 2.72. The van der Waals surface area contributed by atoms with Crippen molar-refractivity contribution in [3.63, 3.8) is 0 Å². The Labute approximate surface area is 213 Å². The first-order valence-corrected chi connectivity index (χ1v) is 12.9. The van der Waals surface area contributed by atoms with Crippen molar-refractivity contribution >= 4 is 16.5 Å². The summed E-state index contributed by atoms with van der Waals surface area (Å²) in [5.41, 5.74) is 16.2. The lowest BCUT2D eigenvalue weighted by atomic mass is 10.0. The molecule has 9 nitrogen and oxygen atoms in total. The number of aryl methyl sites for hydroxylation is 3. The molecule has 0 amide bonds. The van der Waals surface area contributed by atoms with Crippen LogP contribution in [-0.4, -0.2) is 77.6 Å². The second kappa shape index (κ2) is 17.7. The molecule has 2 rings (SSSR count). The first-order chi connectivity index (χ1) is 17.0. The van der Waals surface area contributed by atoms with Crippen LogP contribution in [0.15, 0.2) is 18.2 Å². The molecule has 1 aromatic carbocycles. The monoisotopic (exact) mass is 510 g/mol. The van der Waals surface area contributed by atoms with Gasteiger partial charge in [0.15, 0.2) is 5.13 Å². The standard InChI is InChI=1S/C25H42N4O5S/c1-19-16-22(4-5-23(19)17-28-25-29-20(2)21(3)35-25)24(27)18-34-15-14-33-13-12-32-11-10-31-9-8-30-7-6-26/h4-5,16,24H,6-15,17-18,26-27H2,1-3H3,(H,28,29). The summed E-state index contributed by atoms with van der Waals surface area (Å²) in [4.78, 5) is 5.78. The van der Waals surface area contributed by atoms with Gasteiger partial charge >= 0.3 is 0 Å². The summed E-state index contributed by atoms with van der Waals surface area (Å²) in [7, 11) is 0. The normalized spacial score (nSPS) is 12.3. The van der Waals surface area contributed by atoms with Crippen molar-refractivity contribution in [2.75, 3.05) is 77.9 Å². The molecule has 0 spiro atoms. The average molecular weight is 511 g/mol. The molecule has 198 valence electrons. The van der Waals surface area contributed by atoms with E-state index in [1.54, 1.807) is 11.3 Å². The number of benzene rings is 1. The van der Waals surface area contributed by atoms with E-state index in [0.717, 1.165) is 22.9 Å². The number of aromatic nitrogens is 1. The molecule has 0 radical (unpaired) electrons. The molecule has 35 heavy (non-hydrogen) atoms. The molecule has 0 saturated heterocycles. The molecule has 10 heteroatoms. The van der Waals surface area contributed by atoms with Gasteiger partial charge in [0.25, 0.3) is 0 Å². The van der Waals surface area contributed by atoms with E-state index in [1.165, 1.54) is 16.0 Å². The fraction of sp³-hybridized carbons (Fsp3) is 0.640. The van der Waals surface area contributed by atoms with E-state index in [0.29, 0.717) is 72.6 Å². The summed E-state index contributed by atoms with van der Waals surface area (Å²) >= 11 is 1.68. The van der Waals surface area contributed by atoms with Crippen LogP contribution in [-0.2, 0) is 30.2 Å². The third kappa shape index (κ3) is 12.2. The second-order valence-electron chi connectivity index (χ2n) is 8.12. The highest BCUT2D eigenvalue weighted by Gasteiger charge is 2.09. The topological polar surface area (TPSA) is 123 Å². The second-order valence-corrected chi connectivity index (χ2v) is 9.32. The Morgan fingerprint density at radius 2 is 1.43 bits per heavy atom. The van der Waals surface area contributed by atoms with E-state index in [2.05, 4.69) is 42.3 Å². The smallest absolute Gasteiger partial charge is 0.183 e. The molecule has 1 atom stereocenters. The van der Waals surface area contributed by atoms with Gasteiger partial charge in [-0.15, -0.1) is 11.3 Å². The zero-order valence-electron chi connectivity index (χ0n) is 21.3. The van der Waals surface area contributed by atoms with Crippen LogP contribution in [0.3, 0.4) is 0 Å². The predicted molar refractivity (Wildman–Crippen MR) is 140 cm³/mol. The maximum absolute atomic E-state index is 6.32. The van der Waals surface area contributed by atoms with Gasteiger partial charge in [0.05, 0.1) is 77.8 Å². The van der Waals surface area contributed by atoms with Crippen molar-refractivity contribution in [3.8, 4) is 0 Å². The number of anilines is 1. The SMILES string of the molecule is Cc1cc(C(N)COCCOCCOCCOCCOCCN)ccc1CNc1nc(C)c(C)s1. The number of nitrogens with two attached hydrogens (primary N) is 2. The molecular weight excluding hydrogens is 468 g/mol.